The maximum absolute atomic E-state index is 12.8. The topological polar surface area (TPSA) is 66.8 Å². The maximum Gasteiger partial charge on any atom is 0.203 e. The van der Waals surface area contributed by atoms with E-state index in [1.54, 1.807) is 0 Å². The second kappa shape index (κ2) is 6.93. The standard InChI is InChI=1S/C17H17FO4/c1-2-3-11-8-14(16(20)9-15(11)19)17(21)10-22-13-6-4-12(18)5-7-13/h4-9,19-20H,2-3,10H2,1H3. The van der Waals surface area contributed by atoms with Crippen molar-refractivity contribution in [2.24, 2.45) is 0 Å². The summed E-state index contributed by atoms with van der Waals surface area (Å²) in [4.78, 5) is 12.1. The van der Waals surface area contributed by atoms with Gasteiger partial charge in [-0.15, -0.1) is 0 Å². The van der Waals surface area contributed by atoms with Crippen LogP contribution in [0.5, 0.6) is 17.2 Å². The maximum atomic E-state index is 12.8. The fraction of sp³-hybridized carbons (Fsp3) is 0.235. The zero-order chi connectivity index (χ0) is 16.1. The number of Topliss-reactive ketones (excluding diaryl/α,β-unsaturated/α-hetero) is 1. The van der Waals surface area contributed by atoms with Gasteiger partial charge in [-0.25, -0.2) is 4.39 Å². The third-order valence-electron chi connectivity index (χ3n) is 3.20. The Kier molecular flexibility index (Phi) is 4.99. The normalized spacial score (nSPS) is 10.5. The van der Waals surface area contributed by atoms with Crippen LogP contribution in [0.4, 0.5) is 4.39 Å². The SMILES string of the molecule is CCCc1cc(C(=O)COc2ccc(F)cc2)c(O)cc1O. The number of hydrogen-bond donors (Lipinski definition) is 2. The number of ether oxygens (including phenoxy) is 1. The molecule has 0 saturated heterocycles. The van der Waals surface area contributed by atoms with Crippen LogP contribution in [0.3, 0.4) is 0 Å². The van der Waals surface area contributed by atoms with Crippen molar-refractivity contribution in [2.75, 3.05) is 6.61 Å². The van der Waals surface area contributed by atoms with Crippen LogP contribution in [0.1, 0.15) is 29.3 Å². The summed E-state index contributed by atoms with van der Waals surface area (Å²) in [5.41, 5.74) is 0.703. The molecule has 4 nitrogen and oxygen atoms in total. The third-order valence-corrected chi connectivity index (χ3v) is 3.20. The Morgan fingerprint density at radius 2 is 1.82 bits per heavy atom. The Hall–Kier alpha value is -2.56. The molecule has 0 spiro atoms. The molecular weight excluding hydrogens is 287 g/mol. The van der Waals surface area contributed by atoms with E-state index >= 15 is 0 Å². The van der Waals surface area contributed by atoms with E-state index in [0.29, 0.717) is 17.7 Å². The van der Waals surface area contributed by atoms with Gasteiger partial charge in [-0.2, -0.15) is 0 Å². The van der Waals surface area contributed by atoms with Gasteiger partial charge in [0.1, 0.15) is 23.1 Å². The van der Waals surface area contributed by atoms with Crippen LogP contribution in [0.2, 0.25) is 0 Å². The molecule has 5 heteroatoms. The number of carbonyl (C=O) groups is 1. The van der Waals surface area contributed by atoms with Gasteiger partial charge in [0, 0.05) is 6.07 Å². The van der Waals surface area contributed by atoms with Crippen LogP contribution in [-0.4, -0.2) is 22.6 Å². The molecule has 0 amide bonds. The Morgan fingerprint density at radius 3 is 2.45 bits per heavy atom. The summed E-state index contributed by atoms with van der Waals surface area (Å²) >= 11 is 0. The molecule has 0 fully saturated rings. The zero-order valence-corrected chi connectivity index (χ0v) is 12.2. The van der Waals surface area contributed by atoms with Crippen molar-refractivity contribution in [1.29, 1.82) is 0 Å². The fourth-order valence-corrected chi connectivity index (χ4v) is 2.07. The summed E-state index contributed by atoms with van der Waals surface area (Å²) in [6.45, 7) is 1.67. The number of phenols is 2. The van der Waals surface area contributed by atoms with Gasteiger partial charge >= 0.3 is 0 Å². The zero-order valence-electron chi connectivity index (χ0n) is 12.2. The van der Waals surface area contributed by atoms with E-state index < -0.39 is 5.78 Å². The number of halogens is 1. The molecule has 22 heavy (non-hydrogen) atoms. The monoisotopic (exact) mass is 304 g/mol. The van der Waals surface area contributed by atoms with Gasteiger partial charge in [-0.3, -0.25) is 4.79 Å². The van der Waals surface area contributed by atoms with Crippen molar-refractivity contribution in [3.05, 3.63) is 53.3 Å². The molecule has 0 aromatic heterocycles. The molecule has 0 saturated carbocycles. The first-order valence-corrected chi connectivity index (χ1v) is 6.97. The van der Waals surface area contributed by atoms with E-state index in [0.717, 1.165) is 12.5 Å². The molecule has 0 aliphatic rings. The second-order valence-corrected chi connectivity index (χ2v) is 4.91. The predicted octanol–water partition coefficient (Wildman–Crippen LogP) is 3.45. The summed E-state index contributed by atoms with van der Waals surface area (Å²) < 4.78 is 18.1. The molecule has 0 atom stereocenters. The Morgan fingerprint density at radius 1 is 1.14 bits per heavy atom. The van der Waals surface area contributed by atoms with E-state index in [9.17, 15) is 19.4 Å². The molecule has 2 aromatic carbocycles. The summed E-state index contributed by atoms with van der Waals surface area (Å²) in [6.07, 6.45) is 1.41. The lowest BCUT2D eigenvalue weighted by Gasteiger charge is -2.10. The number of phenolic OH excluding ortho intramolecular Hbond substituents is 2. The Balaban J connectivity index is 2.11. The van der Waals surface area contributed by atoms with E-state index in [-0.39, 0.29) is 29.5 Å². The summed E-state index contributed by atoms with van der Waals surface area (Å²) in [5, 5.41) is 19.5. The predicted molar refractivity (Wildman–Crippen MR) is 80.0 cm³/mol. The lowest BCUT2D eigenvalue weighted by molar-refractivity contribution is 0.0918. The van der Waals surface area contributed by atoms with Crippen molar-refractivity contribution < 1.29 is 24.1 Å². The number of hydrogen-bond acceptors (Lipinski definition) is 4. The van der Waals surface area contributed by atoms with Crippen molar-refractivity contribution in [3.8, 4) is 17.2 Å². The molecule has 2 aromatic rings. The summed E-state index contributed by atoms with van der Waals surface area (Å²) in [5.74, 6) is -0.763. The number of aromatic hydroxyl groups is 2. The van der Waals surface area contributed by atoms with E-state index in [4.69, 9.17) is 4.74 Å². The molecular formula is C17H17FO4. The third kappa shape index (κ3) is 3.75. The lowest BCUT2D eigenvalue weighted by Crippen LogP contribution is -2.12. The van der Waals surface area contributed by atoms with Crippen molar-refractivity contribution in [1.82, 2.24) is 0 Å². The fourth-order valence-electron chi connectivity index (χ4n) is 2.07. The highest BCUT2D eigenvalue weighted by Gasteiger charge is 2.15. The van der Waals surface area contributed by atoms with Gasteiger partial charge < -0.3 is 14.9 Å². The van der Waals surface area contributed by atoms with Gasteiger partial charge in [0.25, 0.3) is 0 Å². The molecule has 0 heterocycles. The van der Waals surface area contributed by atoms with Gasteiger partial charge in [0.15, 0.2) is 6.61 Å². The van der Waals surface area contributed by atoms with E-state index in [2.05, 4.69) is 0 Å². The molecule has 116 valence electrons. The van der Waals surface area contributed by atoms with E-state index in [1.165, 1.54) is 30.3 Å². The Labute approximate surface area is 127 Å². The molecule has 0 aliphatic heterocycles. The molecule has 0 unspecified atom stereocenters. The molecule has 0 aliphatic carbocycles. The van der Waals surface area contributed by atoms with Crippen LogP contribution < -0.4 is 4.74 Å². The minimum absolute atomic E-state index is 0.0321. The van der Waals surface area contributed by atoms with Gasteiger partial charge in [0.2, 0.25) is 5.78 Å². The molecule has 0 bridgehead atoms. The number of rotatable bonds is 6. The van der Waals surface area contributed by atoms with Crippen molar-refractivity contribution in [3.63, 3.8) is 0 Å². The van der Waals surface area contributed by atoms with Crippen LogP contribution in [0, 0.1) is 5.82 Å². The van der Waals surface area contributed by atoms with Crippen LogP contribution in [0.25, 0.3) is 0 Å². The number of carbonyl (C=O) groups excluding carboxylic acids is 1. The summed E-state index contributed by atoms with van der Waals surface area (Å²) in [7, 11) is 0. The second-order valence-electron chi connectivity index (χ2n) is 4.91. The van der Waals surface area contributed by atoms with Crippen LogP contribution in [0.15, 0.2) is 36.4 Å². The average Bonchev–Trinajstić information content (AvgIpc) is 2.49. The number of benzene rings is 2. The highest BCUT2D eigenvalue weighted by Crippen LogP contribution is 2.28. The quantitative estimate of drug-likeness (QED) is 0.802. The first-order chi connectivity index (χ1) is 10.5. The number of ketones is 1. The molecule has 0 radical (unpaired) electrons. The van der Waals surface area contributed by atoms with Gasteiger partial charge in [0.05, 0.1) is 5.56 Å². The van der Waals surface area contributed by atoms with Gasteiger partial charge in [-0.1, -0.05) is 13.3 Å². The molecule has 2 rings (SSSR count). The van der Waals surface area contributed by atoms with E-state index in [1.807, 2.05) is 6.92 Å². The van der Waals surface area contributed by atoms with Crippen LogP contribution in [-0.2, 0) is 6.42 Å². The summed E-state index contributed by atoms with van der Waals surface area (Å²) in [6, 6.07) is 7.94. The highest BCUT2D eigenvalue weighted by molar-refractivity contribution is 6.00. The lowest BCUT2D eigenvalue weighted by atomic mass is 10.0. The minimum atomic E-state index is -0.417. The van der Waals surface area contributed by atoms with Crippen molar-refractivity contribution >= 4 is 5.78 Å². The highest BCUT2D eigenvalue weighted by atomic mass is 19.1. The largest absolute Gasteiger partial charge is 0.508 e. The van der Waals surface area contributed by atoms with Crippen molar-refractivity contribution in [2.45, 2.75) is 19.8 Å². The minimum Gasteiger partial charge on any atom is -0.508 e. The first kappa shape index (κ1) is 15.8. The van der Waals surface area contributed by atoms with Crippen LogP contribution >= 0.6 is 0 Å². The smallest absolute Gasteiger partial charge is 0.203 e. The Bertz CT molecular complexity index is 665. The molecule has 2 N–H and O–H groups in total. The number of aryl methyl sites for hydroxylation is 1. The van der Waals surface area contributed by atoms with Gasteiger partial charge in [-0.05, 0) is 42.3 Å². The first-order valence-electron chi connectivity index (χ1n) is 6.97. The average molecular weight is 304 g/mol.